The zero-order valence-corrected chi connectivity index (χ0v) is 15.0. The molecule has 0 aromatic rings. The first-order valence-corrected chi connectivity index (χ1v) is 9.54. The molecule has 0 aromatic carbocycles. The molecule has 1 rings (SSSR count). The molecule has 0 aliphatic carbocycles. The van der Waals surface area contributed by atoms with E-state index in [1.54, 1.807) is 0 Å². The van der Waals surface area contributed by atoms with Crippen LogP contribution in [-0.2, 0) is 9.59 Å². The van der Waals surface area contributed by atoms with Gasteiger partial charge in [-0.2, -0.15) is 0 Å². The van der Waals surface area contributed by atoms with Gasteiger partial charge in [-0.15, -0.1) is 0 Å². The van der Waals surface area contributed by atoms with Crippen LogP contribution < -0.4 is 16.0 Å². The molecule has 3 N–H and O–H groups in total. The Labute approximate surface area is 145 Å². The Balaban J connectivity index is 1.84. The number of amides is 4. The lowest BCUT2D eigenvalue weighted by Gasteiger charge is -2.08. The van der Waals surface area contributed by atoms with E-state index in [0.29, 0.717) is 6.54 Å². The summed E-state index contributed by atoms with van der Waals surface area (Å²) in [7, 11) is 0. The molecule has 0 saturated carbocycles. The Bertz CT molecular complexity index is 399. The monoisotopic (exact) mass is 339 g/mol. The van der Waals surface area contributed by atoms with E-state index >= 15 is 0 Å². The van der Waals surface area contributed by atoms with Crippen LogP contribution in [0.5, 0.6) is 0 Å². The van der Waals surface area contributed by atoms with Gasteiger partial charge in [0.15, 0.2) is 6.04 Å². The van der Waals surface area contributed by atoms with E-state index in [1.807, 2.05) is 5.32 Å². The third kappa shape index (κ3) is 8.89. The van der Waals surface area contributed by atoms with Crippen molar-refractivity contribution in [1.82, 2.24) is 16.0 Å². The van der Waals surface area contributed by atoms with Crippen LogP contribution in [0.3, 0.4) is 0 Å². The molecule has 24 heavy (non-hydrogen) atoms. The average molecular weight is 339 g/mol. The van der Waals surface area contributed by atoms with Gasteiger partial charge in [0.05, 0.1) is 0 Å². The van der Waals surface area contributed by atoms with Gasteiger partial charge < -0.3 is 10.6 Å². The molecule has 6 heteroatoms. The number of nitrogens with one attached hydrogen (secondary N) is 3. The molecule has 1 fully saturated rings. The third-order valence-corrected chi connectivity index (χ3v) is 4.37. The summed E-state index contributed by atoms with van der Waals surface area (Å²) in [6.45, 7) is 2.80. The maximum atomic E-state index is 11.7. The lowest BCUT2D eigenvalue weighted by Crippen LogP contribution is -2.45. The largest absolute Gasteiger partial charge is 0.354 e. The molecule has 4 amide bonds. The van der Waals surface area contributed by atoms with E-state index in [4.69, 9.17) is 0 Å². The van der Waals surface area contributed by atoms with Crippen LogP contribution in [0.1, 0.15) is 84.0 Å². The minimum absolute atomic E-state index is 0.429. The Morgan fingerprint density at radius 1 is 0.875 bits per heavy atom. The number of hydrogen-bond acceptors (Lipinski definition) is 3. The second kappa shape index (κ2) is 12.8. The number of unbranched alkanes of at least 4 members (excludes halogenated alkanes) is 11. The lowest BCUT2D eigenvalue weighted by atomic mass is 10.1. The number of imide groups is 1. The van der Waals surface area contributed by atoms with Crippen molar-refractivity contribution in [3.63, 3.8) is 0 Å². The highest BCUT2D eigenvalue weighted by molar-refractivity contribution is 6.15. The summed E-state index contributed by atoms with van der Waals surface area (Å²) in [6, 6.07) is -1.68. The van der Waals surface area contributed by atoms with Gasteiger partial charge in [0.25, 0.3) is 11.8 Å². The molecule has 1 heterocycles. The van der Waals surface area contributed by atoms with Gasteiger partial charge in [-0.25, -0.2) is 4.79 Å². The second-order valence-corrected chi connectivity index (χ2v) is 6.58. The Hall–Kier alpha value is -1.59. The molecule has 138 valence electrons. The SMILES string of the molecule is CCCCCCCCCCCCCCNC(=O)C1NC(=O)NC1=O. The van der Waals surface area contributed by atoms with Crippen molar-refractivity contribution in [2.24, 2.45) is 0 Å². The molecular weight excluding hydrogens is 306 g/mol. The van der Waals surface area contributed by atoms with Crippen molar-refractivity contribution in [2.75, 3.05) is 6.54 Å². The molecule has 1 atom stereocenters. The van der Waals surface area contributed by atoms with E-state index in [-0.39, 0.29) is 0 Å². The third-order valence-electron chi connectivity index (χ3n) is 4.37. The minimum atomic E-state index is -1.07. The number of urea groups is 1. The van der Waals surface area contributed by atoms with E-state index < -0.39 is 23.9 Å². The maximum Gasteiger partial charge on any atom is 0.322 e. The minimum Gasteiger partial charge on any atom is -0.354 e. The fraction of sp³-hybridized carbons (Fsp3) is 0.833. The van der Waals surface area contributed by atoms with Crippen molar-refractivity contribution in [1.29, 1.82) is 0 Å². The molecule has 0 aromatic heterocycles. The van der Waals surface area contributed by atoms with Gasteiger partial charge in [-0.3, -0.25) is 14.9 Å². The predicted molar refractivity (Wildman–Crippen MR) is 94.6 cm³/mol. The summed E-state index contributed by atoms with van der Waals surface area (Å²) in [5.74, 6) is -1.01. The van der Waals surface area contributed by atoms with Crippen molar-refractivity contribution in [3.05, 3.63) is 0 Å². The van der Waals surface area contributed by atoms with Gasteiger partial charge in [-0.05, 0) is 6.42 Å². The Morgan fingerprint density at radius 2 is 1.38 bits per heavy atom. The van der Waals surface area contributed by atoms with Crippen LogP contribution in [0, 0.1) is 0 Å². The van der Waals surface area contributed by atoms with E-state index in [2.05, 4.69) is 17.6 Å². The summed E-state index contributed by atoms with van der Waals surface area (Å²) >= 11 is 0. The Kier molecular flexibility index (Phi) is 10.9. The molecule has 1 saturated heterocycles. The predicted octanol–water partition coefficient (Wildman–Crippen LogP) is 3.01. The molecule has 0 bridgehead atoms. The van der Waals surface area contributed by atoms with Gasteiger partial charge in [0.1, 0.15) is 0 Å². The van der Waals surface area contributed by atoms with Crippen molar-refractivity contribution >= 4 is 17.8 Å². The summed E-state index contributed by atoms with van der Waals surface area (Å²) in [5, 5.41) is 7.03. The highest BCUT2D eigenvalue weighted by Gasteiger charge is 2.35. The van der Waals surface area contributed by atoms with Crippen LogP contribution >= 0.6 is 0 Å². The van der Waals surface area contributed by atoms with Crippen LogP contribution in [-0.4, -0.2) is 30.4 Å². The first kappa shape index (κ1) is 20.5. The number of carbonyl (C=O) groups excluding carboxylic acids is 3. The van der Waals surface area contributed by atoms with Gasteiger partial charge in [-0.1, -0.05) is 77.6 Å². The smallest absolute Gasteiger partial charge is 0.322 e. The maximum absolute atomic E-state index is 11.7. The molecule has 0 radical (unpaired) electrons. The summed E-state index contributed by atoms with van der Waals surface area (Å²) in [5.41, 5.74) is 0. The Morgan fingerprint density at radius 3 is 1.83 bits per heavy atom. The molecule has 6 nitrogen and oxygen atoms in total. The topological polar surface area (TPSA) is 87.3 Å². The molecular formula is C18H33N3O3. The molecule has 1 aliphatic heterocycles. The highest BCUT2D eigenvalue weighted by Crippen LogP contribution is 2.11. The quantitative estimate of drug-likeness (QED) is 0.258. The van der Waals surface area contributed by atoms with Crippen molar-refractivity contribution in [2.45, 2.75) is 90.0 Å². The summed E-state index contributed by atoms with van der Waals surface area (Å²) < 4.78 is 0. The van der Waals surface area contributed by atoms with Crippen LogP contribution in [0.15, 0.2) is 0 Å². The number of hydrogen-bond donors (Lipinski definition) is 3. The number of rotatable bonds is 14. The fourth-order valence-corrected chi connectivity index (χ4v) is 2.88. The van der Waals surface area contributed by atoms with Gasteiger partial charge >= 0.3 is 6.03 Å². The fourth-order valence-electron chi connectivity index (χ4n) is 2.88. The summed E-state index contributed by atoms with van der Waals surface area (Å²) in [6.07, 6.45) is 15.2. The highest BCUT2D eigenvalue weighted by atomic mass is 16.2. The van der Waals surface area contributed by atoms with Crippen LogP contribution in [0.4, 0.5) is 4.79 Å². The normalized spacial score (nSPS) is 16.8. The van der Waals surface area contributed by atoms with Crippen LogP contribution in [0.25, 0.3) is 0 Å². The molecule has 1 unspecified atom stereocenters. The van der Waals surface area contributed by atoms with Crippen molar-refractivity contribution in [3.8, 4) is 0 Å². The lowest BCUT2D eigenvalue weighted by molar-refractivity contribution is -0.129. The van der Waals surface area contributed by atoms with Crippen LogP contribution in [0.2, 0.25) is 0 Å². The van der Waals surface area contributed by atoms with E-state index in [1.165, 1.54) is 64.2 Å². The average Bonchev–Trinajstić information content (AvgIpc) is 2.90. The van der Waals surface area contributed by atoms with E-state index in [9.17, 15) is 14.4 Å². The standard InChI is InChI=1S/C18H33N3O3/c1-2-3-4-5-6-7-8-9-10-11-12-13-14-19-16(22)15-17(23)21-18(24)20-15/h15H,2-14H2,1H3,(H,19,22)(H2,20,21,23,24). The van der Waals surface area contributed by atoms with E-state index in [0.717, 1.165) is 12.8 Å². The first-order chi connectivity index (χ1) is 11.6. The van der Waals surface area contributed by atoms with Gasteiger partial charge in [0.2, 0.25) is 0 Å². The zero-order valence-electron chi connectivity index (χ0n) is 15.0. The van der Waals surface area contributed by atoms with Gasteiger partial charge in [0, 0.05) is 6.54 Å². The molecule has 1 aliphatic rings. The molecule has 0 spiro atoms. The number of carbonyl (C=O) groups is 3. The van der Waals surface area contributed by atoms with Crippen molar-refractivity contribution < 1.29 is 14.4 Å². The second-order valence-electron chi connectivity index (χ2n) is 6.58. The summed E-state index contributed by atoms with van der Waals surface area (Å²) in [4.78, 5) is 34.0. The first-order valence-electron chi connectivity index (χ1n) is 9.54. The zero-order chi connectivity index (χ0) is 17.6.